The molecule has 32 heavy (non-hydrogen) atoms. The third-order valence-electron chi connectivity index (χ3n) is 5.01. The molecule has 3 aromatic carbocycles. The lowest BCUT2D eigenvalue weighted by Crippen LogP contribution is -2.23. The van der Waals surface area contributed by atoms with Gasteiger partial charge in [-0.2, -0.15) is 0 Å². The number of ether oxygens (including phenoxy) is 4. The molecule has 1 heterocycles. The first-order valence-electron chi connectivity index (χ1n) is 10.2. The van der Waals surface area contributed by atoms with E-state index in [4.69, 9.17) is 18.9 Å². The standard InChI is InChI=1S/C26H22O6/c1-3-30-26(28)24-23(32-25(27)18-9-5-4-6-10-18)21-12-8-7-11-20(21)22(31-24)17-13-15-19(29-2)16-14-17/h4-16,22H,3H2,1-2H3/t22-/m0/s1. The van der Waals surface area contributed by atoms with Crippen molar-refractivity contribution in [1.82, 2.24) is 0 Å². The molecule has 0 bridgehead atoms. The molecule has 0 saturated carbocycles. The van der Waals surface area contributed by atoms with Gasteiger partial charge in [0.2, 0.25) is 5.76 Å². The molecule has 0 amide bonds. The Morgan fingerprint density at radius 3 is 2.25 bits per heavy atom. The maximum atomic E-state index is 12.8. The number of carbonyl (C=O) groups excluding carboxylic acids is 2. The highest BCUT2D eigenvalue weighted by Gasteiger charge is 2.35. The Bertz CT molecular complexity index is 1150. The normalized spacial score (nSPS) is 14.8. The van der Waals surface area contributed by atoms with Gasteiger partial charge in [-0.3, -0.25) is 0 Å². The molecule has 1 aliphatic heterocycles. The van der Waals surface area contributed by atoms with Crippen molar-refractivity contribution in [2.75, 3.05) is 13.7 Å². The van der Waals surface area contributed by atoms with E-state index in [1.165, 1.54) is 0 Å². The average Bonchev–Trinajstić information content (AvgIpc) is 2.85. The van der Waals surface area contributed by atoms with Crippen LogP contribution in [0.5, 0.6) is 5.75 Å². The van der Waals surface area contributed by atoms with E-state index < -0.39 is 18.0 Å². The third-order valence-corrected chi connectivity index (χ3v) is 5.01. The number of hydrogen-bond donors (Lipinski definition) is 0. The topological polar surface area (TPSA) is 71.1 Å². The van der Waals surface area contributed by atoms with Crippen LogP contribution in [-0.2, 0) is 19.0 Å². The maximum Gasteiger partial charge on any atom is 0.377 e. The Labute approximate surface area is 186 Å². The van der Waals surface area contributed by atoms with Crippen molar-refractivity contribution in [2.45, 2.75) is 13.0 Å². The van der Waals surface area contributed by atoms with Crippen LogP contribution >= 0.6 is 0 Å². The van der Waals surface area contributed by atoms with Gasteiger partial charge < -0.3 is 18.9 Å². The van der Waals surface area contributed by atoms with Gasteiger partial charge in [-0.25, -0.2) is 9.59 Å². The van der Waals surface area contributed by atoms with E-state index in [0.717, 1.165) is 11.1 Å². The summed E-state index contributed by atoms with van der Waals surface area (Å²) in [5.74, 6) is -0.690. The summed E-state index contributed by atoms with van der Waals surface area (Å²) in [5.41, 5.74) is 2.53. The molecule has 6 heteroatoms. The first-order chi connectivity index (χ1) is 15.6. The molecule has 1 atom stereocenters. The van der Waals surface area contributed by atoms with Crippen LogP contribution in [0.4, 0.5) is 0 Å². The number of fused-ring (bicyclic) bond motifs is 1. The minimum Gasteiger partial charge on any atom is -0.497 e. The first-order valence-corrected chi connectivity index (χ1v) is 10.2. The first kappa shape index (κ1) is 21.2. The lowest BCUT2D eigenvalue weighted by Gasteiger charge is -2.29. The number of hydrogen-bond acceptors (Lipinski definition) is 6. The molecule has 0 spiro atoms. The Hall–Kier alpha value is -4.06. The zero-order valence-electron chi connectivity index (χ0n) is 17.7. The summed E-state index contributed by atoms with van der Waals surface area (Å²) in [6, 6.07) is 23.3. The van der Waals surface area contributed by atoms with E-state index in [1.54, 1.807) is 50.4 Å². The van der Waals surface area contributed by atoms with E-state index in [1.807, 2.05) is 42.5 Å². The minimum atomic E-state index is -0.698. The highest BCUT2D eigenvalue weighted by molar-refractivity contribution is 6.00. The molecule has 0 aliphatic carbocycles. The third kappa shape index (κ3) is 4.21. The van der Waals surface area contributed by atoms with Crippen molar-refractivity contribution in [2.24, 2.45) is 0 Å². The molecule has 0 unspecified atom stereocenters. The molecular formula is C26H22O6. The van der Waals surface area contributed by atoms with Crippen LogP contribution in [0.1, 0.15) is 40.1 Å². The van der Waals surface area contributed by atoms with Gasteiger partial charge in [-0.05, 0) is 36.8 Å². The second-order valence-electron chi connectivity index (χ2n) is 6.99. The van der Waals surface area contributed by atoms with Crippen molar-refractivity contribution in [3.05, 3.63) is 107 Å². The quantitative estimate of drug-likeness (QED) is 0.518. The second kappa shape index (κ2) is 9.39. The smallest absolute Gasteiger partial charge is 0.377 e. The highest BCUT2D eigenvalue weighted by Crippen LogP contribution is 2.41. The number of esters is 2. The van der Waals surface area contributed by atoms with Crippen LogP contribution < -0.4 is 4.74 Å². The van der Waals surface area contributed by atoms with Crippen molar-refractivity contribution >= 4 is 17.7 Å². The Balaban J connectivity index is 1.79. The van der Waals surface area contributed by atoms with Crippen LogP contribution in [0.3, 0.4) is 0 Å². The summed E-state index contributed by atoms with van der Waals surface area (Å²) in [5, 5.41) is 0. The Kier molecular flexibility index (Phi) is 6.22. The molecular weight excluding hydrogens is 408 g/mol. The zero-order chi connectivity index (χ0) is 22.5. The number of rotatable bonds is 6. The molecule has 0 fully saturated rings. The lowest BCUT2D eigenvalue weighted by molar-refractivity contribution is -0.143. The molecule has 0 N–H and O–H groups in total. The van der Waals surface area contributed by atoms with Crippen molar-refractivity contribution in [3.8, 4) is 5.75 Å². The summed E-state index contributed by atoms with van der Waals surface area (Å²) in [6.45, 7) is 1.85. The van der Waals surface area contributed by atoms with E-state index in [9.17, 15) is 9.59 Å². The SMILES string of the molecule is CCOC(=O)C1=C(OC(=O)c2ccccc2)c2ccccc2[C@H](c2ccc(OC)cc2)O1. The molecule has 3 aromatic rings. The van der Waals surface area contributed by atoms with Gasteiger partial charge in [-0.1, -0.05) is 54.6 Å². The van der Waals surface area contributed by atoms with E-state index >= 15 is 0 Å². The van der Waals surface area contributed by atoms with Crippen molar-refractivity contribution in [3.63, 3.8) is 0 Å². The van der Waals surface area contributed by atoms with E-state index in [-0.39, 0.29) is 18.1 Å². The summed E-state index contributed by atoms with van der Waals surface area (Å²) in [6.07, 6.45) is -0.587. The molecule has 162 valence electrons. The van der Waals surface area contributed by atoms with E-state index in [2.05, 4.69) is 0 Å². The second-order valence-corrected chi connectivity index (χ2v) is 6.99. The molecule has 0 aromatic heterocycles. The molecule has 1 aliphatic rings. The number of carbonyl (C=O) groups is 2. The number of methoxy groups -OCH3 is 1. The van der Waals surface area contributed by atoms with Crippen LogP contribution in [0.2, 0.25) is 0 Å². The van der Waals surface area contributed by atoms with Crippen LogP contribution in [0.25, 0.3) is 5.76 Å². The largest absolute Gasteiger partial charge is 0.497 e. The van der Waals surface area contributed by atoms with Gasteiger partial charge in [0, 0.05) is 11.1 Å². The van der Waals surface area contributed by atoms with Gasteiger partial charge >= 0.3 is 11.9 Å². The van der Waals surface area contributed by atoms with Crippen LogP contribution in [0, 0.1) is 0 Å². The van der Waals surface area contributed by atoms with Gasteiger partial charge in [-0.15, -0.1) is 0 Å². The number of benzene rings is 3. The van der Waals surface area contributed by atoms with Gasteiger partial charge in [0.15, 0.2) is 11.9 Å². The Morgan fingerprint density at radius 1 is 0.875 bits per heavy atom. The highest BCUT2D eigenvalue weighted by atomic mass is 16.6. The van der Waals surface area contributed by atoms with Gasteiger partial charge in [0.1, 0.15) is 5.75 Å². The monoisotopic (exact) mass is 430 g/mol. The van der Waals surface area contributed by atoms with Crippen molar-refractivity contribution in [1.29, 1.82) is 0 Å². The molecule has 6 nitrogen and oxygen atoms in total. The summed E-state index contributed by atoms with van der Waals surface area (Å²) in [7, 11) is 1.59. The fourth-order valence-electron chi connectivity index (χ4n) is 3.48. The average molecular weight is 430 g/mol. The predicted octanol–water partition coefficient (Wildman–Crippen LogP) is 4.90. The summed E-state index contributed by atoms with van der Waals surface area (Å²) < 4.78 is 22.3. The fraction of sp³-hybridized carbons (Fsp3) is 0.154. The molecule has 0 radical (unpaired) electrons. The van der Waals surface area contributed by atoms with Gasteiger partial charge in [0.25, 0.3) is 0 Å². The van der Waals surface area contributed by atoms with E-state index in [0.29, 0.717) is 16.9 Å². The van der Waals surface area contributed by atoms with Crippen molar-refractivity contribution < 1.29 is 28.5 Å². The van der Waals surface area contributed by atoms with Crippen LogP contribution in [0.15, 0.2) is 84.6 Å². The summed E-state index contributed by atoms with van der Waals surface area (Å²) >= 11 is 0. The maximum absolute atomic E-state index is 12.8. The van der Waals surface area contributed by atoms with Crippen LogP contribution in [-0.4, -0.2) is 25.7 Å². The minimum absolute atomic E-state index is 0.0395. The molecule has 4 rings (SSSR count). The fourth-order valence-corrected chi connectivity index (χ4v) is 3.48. The summed E-state index contributed by atoms with van der Waals surface area (Å²) in [4.78, 5) is 25.6. The predicted molar refractivity (Wildman–Crippen MR) is 118 cm³/mol. The molecule has 0 saturated heterocycles. The Morgan fingerprint density at radius 2 is 1.56 bits per heavy atom. The lowest BCUT2D eigenvalue weighted by atomic mass is 9.93. The zero-order valence-corrected chi connectivity index (χ0v) is 17.7. The van der Waals surface area contributed by atoms with Gasteiger partial charge in [0.05, 0.1) is 19.3 Å².